The molecule has 1 aromatic heterocycles. The minimum atomic E-state index is -0.584. The summed E-state index contributed by atoms with van der Waals surface area (Å²) in [4.78, 5) is 12.2. The van der Waals surface area contributed by atoms with Crippen LogP contribution in [0.2, 0.25) is 0 Å². The van der Waals surface area contributed by atoms with Crippen LogP contribution in [0.5, 0.6) is 11.5 Å². The molecule has 0 atom stereocenters. The number of nitrogens with zero attached hydrogens (tertiary/aromatic N) is 2. The van der Waals surface area contributed by atoms with Gasteiger partial charge in [-0.3, -0.25) is 10.1 Å². The number of anilines is 1. The number of nitrogens with one attached hydrogen (secondary N) is 1. The predicted octanol–water partition coefficient (Wildman–Crippen LogP) is 1.71. The summed E-state index contributed by atoms with van der Waals surface area (Å²) in [5, 5.41) is 11.7. The van der Waals surface area contributed by atoms with E-state index in [4.69, 9.17) is 15.2 Å². The lowest BCUT2D eigenvalue weighted by Gasteiger charge is -2.12. The molecule has 21 heavy (non-hydrogen) atoms. The molecule has 3 N–H and O–H groups in total. The first-order chi connectivity index (χ1) is 9.93. The average molecular weight is 306 g/mol. The zero-order chi connectivity index (χ0) is 15.0. The van der Waals surface area contributed by atoms with Gasteiger partial charge in [-0.25, -0.2) is 0 Å². The Balaban J connectivity index is 1.76. The van der Waals surface area contributed by atoms with Crippen LogP contribution in [0.1, 0.15) is 29.2 Å². The van der Waals surface area contributed by atoms with Gasteiger partial charge >= 0.3 is 0 Å². The highest BCUT2D eigenvalue weighted by molar-refractivity contribution is 7.15. The van der Waals surface area contributed by atoms with Crippen molar-refractivity contribution in [3.05, 3.63) is 28.8 Å². The number of aromatic nitrogens is 2. The van der Waals surface area contributed by atoms with Gasteiger partial charge in [0.2, 0.25) is 11.9 Å². The normalized spacial score (nSPS) is 13.3. The van der Waals surface area contributed by atoms with Crippen molar-refractivity contribution >= 4 is 22.4 Å². The quantitative estimate of drug-likeness (QED) is 0.895. The molecule has 2 aromatic rings. The minimum Gasteiger partial charge on any atom is -0.454 e. The fourth-order valence-electron chi connectivity index (χ4n) is 1.74. The first-order valence-corrected chi connectivity index (χ1v) is 7.09. The van der Waals surface area contributed by atoms with Crippen molar-refractivity contribution in [3.8, 4) is 11.5 Å². The fourth-order valence-corrected chi connectivity index (χ4v) is 2.49. The van der Waals surface area contributed by atoms with E-state index in [1.807, 2.05) is 13.8 Å². The predicted molar refractivity (Wildman–Crippen MR) is 77.6 cm³/mol. The Hall–Kier alpha value is -2.19. The van der Waals surface area contributed by atoms with E-state index < -0.39 is 5.54 Å². The number of carbonyl (C=O) groups excluding carboxylic acids is 1. The standard InChI is InChI=1S/C13H14N4O3S/c1-13(2,14)11-16-17-12(21-11)15-10(18)7-3-4-8-9(5-7)20-6-19-8/h3-5H,6,14H2,1-2H3,(H,15,17,18). The molecular weight excluding hydrogens is 292 g/mol. The van der Waals surface area contributed by atoms with Crippen molar-refractivity contribution in [1.29, 1.82) is 0 Å². The molecule has 0 saturated carbocycles. The highest BCUT2D eigenvalue weighted by Crippen LogP contribution is 2.33. The second-order valence-corrected chi connectivity index (χ2v) is 6.13. The SMILES string of the molecule is CC(C)(N)c1nnc(NC(=O)c2ccc3c(c2)OCO3)s1. The maximum absolute atomic E-state index is 12.2. The monoisotopic (exact) mass is 306 g/mol. The van der Waals surface area contributed by atoms with Gasteiger partial charge in [0.05, 0.1) is 5.54 Å². The molecule has 110 valence electrons. The average Bonchev–Trinajstić information content (AvgIpc) is 3.04. The van der Waals surface area contributed by atoms with Gasteiger partial charge in [-0.2, -0.15) is 0 Å². The number of hydrogen-bond donors (Lipinski definition) is 2. The third kappa shape index (κ3) is 2.81. The first kappa shape index (κ1) is 13.8. The summed E-state index contributed by atoms with van der Waals surface area (Å²) in [5.41, 5.74) is 5.82. The van der Waals surface area contributed by atoms with Crippen molar-refractivity contribution in [1.82, 2.24) is 10.2 Å². The van der Waals surface area contributed by atoms with Crippen LogP contribution >= 0.6 is 11.3 Å². The maximum atomic E-state index is 12.2. The third-order valence-electron chi connectivity index (χ3n) is 2.83. The van der Waals surface area contributed by atoms with Crippen LogP contribution in [0.25, 0.3) is 0 Å². The molecule has 0 fully saturated rings. The second kappa shape index (κ2) is 4.97. The molecule has 0 unspecified atom stereocenters. The molecule has 0 bridgehead atoms. The van der Waals surface area contributed by atoms with Gasteiger partial charge in [-0.1, -0.05) is 11.3 Å². The summed E-state index contributed by atoms with van der Waals surface area (Å²) in [6, 6.07) is 5.00. The van der Waals surface area contributed by atoms with Gasteiger partial charge in [0, 0.05) is 5.56 Å². The molecule has 0 radical (unpaired) electrons. The molecule has 1 aliphatic heterocycles. The lowest BCUT2D eigenvalue weighted by Crippen LogP contribution is -2.28. The topological polar surface area (TPSA) is 99.4 Å². The molecule has 1 aromatic carbocycles. The van der Waals surface area contributed by atoms with Crippen LogP contribution < -0.4 is 20.5 Å². The Kier molecular flexibility index (Phi) is 3.26. The number of nitrogens with two attached hydrogens (primary N) is 1. The first-order valence-electron chi connectivity index (χ1n) is 6.27. The second-order valence-electron chi connectivity index (χ2n) is 5.16. The van der Waals surface area contributed by atoms with E-state index in [1.54, 1.807) is 18.2 Å². The molecule has 1 amide bonds. The van der Waals surface area contributed by atoms with E-state index in [0.29, 0.717) is 27.2 Å². The number of hydrogen-bond acceptors (Lipinski definition) is 7. The number of benzene rings is 1. The molecule has 0 aliphatic carbocycles. The maximum Gasteiger partial charge on any atom is 0.257 e. The van der Waals surface area contributed by atoms with E-state index in [9.17, 15) is 4.79 Å². The van der Waals surface area contributed by atoms with E-state index in [2.05, 4.69) is 15.5 Å². The number of ether oxygens (including phenoxy) is 2. The highest BCUT2D eigenvalue weighted by atomic mass is 32.1. The minimum absolute atomic E-state index is 0.172. The zero-order valence-corrected chi connectivity index (χ0v) is 12.4. The van der Waals surface area contributed by atoms with Gasteiger partial charge in [-0.05, 0) is 32.0 Å². The van der Waals surface area contributed by atoms with Crippen molar-refractivity contribution < 1.29 is 14.3 Å². The number of fused-ring (bicyclic) bond motifs is 1. The molecule has 0 saturated heterocycles. The van der Waals surface area contributed by atoms with Crippen LogP contribution in [-0.2, 0) is 5.54 Å². The Bertz CT molecular complexity index is 693. The summed E-state index contributed by atoms with van der Waals surface area (Å²) in [6.07, 6.45) is 0. The lowest BCUT2D eigenvalue weighted by molar-refractivity contribution is 0.102. The van der Waals surface area contributed by atoms with Gasteiger partial charge in [-0.15, -0.1) is 10.2 Å². The van der Waals surface area contributed by atoms with E-state index in [-0.39, 0.29) is 12.7 Å². The van der Waals surface area contributed by atoms with Gasteiger partial charge in [0.25, 0.3) is 5.91 Å². The smallest absolute Gasteiger partial charge is 0.257 e. The summed E-state index contributed by atoms with van der Waals surface area (Å²) in [6.45, 7) is 3.83. The Morgan fingerprint density at radius 3 is 2.81 bits per heavy atom. The summed E-state index contributed by atoms with van der Waals surface area (Å²) in [7, 11) is 0. The number of amides is 1. The van der Waals surface area contributed by atoms with Crippen LogP contribution in [0.15, 0.2) is 18.2 Å². The summed E-state index contributed by atoms with van der Waals surface area (Å²) < 4.78 is 10.4. The highest BCUT2D eigenvalue weighted by Gasteiger charge is 2.21. The molecule has 3 rings (SSSR count). The largest absolute Gasteiger partial charge is 0.454 e. The van der Waals surface area contributed by atoms with Crippen LogP contribution in [-0.4, -0.2) is 22.9 Å². The van der Waals surface area contributed by atoms with Gasteiger partial charge in [0.1, 0.15) is 5.01 Å². The lowest BCUT2D eigenvalue weighted by atomic mass is 10.1. The number of carbonyl (C=O) groups is 1. The van der Waals surface area contributed by atoms with Gasteiger partial charge in [0.15, 0.2) is 11.5 Å². The molecule has 2 heterocycles. The molecule has 8 heteroatoms. The zero-order valence-electron chi connectivity index (χ0n) is 11.5. The fraction of sp³-hybridized carbons (Fsp3) is 0.308. The Morgan fingerprint density at radius 1 is 1.33 bits per heavy atom. The van der Waals surface area contributed by atoms with Crippen molar-refractivity contribution in [2.24, 2.45) is 5.73 Å². The molecular formula is C13H14N4O3S. The van der Waals surface area contributed by atoms with Crippen molar-refractivity contribution in [3.63, 3.8) is 0 Å². The summed E-state index contributed by atoms with van der Waals surface area (Å²) in [5.74, 6) is 0.907. The molecule has 0 spiro atoms. The van der Waals surface area contributed by atoms with Crippen LogP contribution in [0.4, 0.5) is 5.13 Å². The van der Waals surface area contributed by atoms with E-state index >= 15 is 0 Å². The van der Waals surface area contributed by atoms with E-state index in [1.165, 1.54) is 11.3 Å². The third-order valence-corrected chi connectivity index (χ3v) is 4.01. The van der Waals surface area contributed by atoms with Crippen molar-refractivity contribution in [2.45, 2.75) is 19.4 Å². The Labute approximate surface area is 125 Å². The van der Waals surface area contributed by atoms with Gasteiger partial charge < -0.3 is 15.2 Å². The summed E-state index contributed by atoms with van der Waals surface area (Å²) >= 11 is 1.25. The van der Waals surface area contributed by atoms with Crippen molar-refractivity contribution in [2.75, 3.05) is 12.1 Å². The van der Waals surface area contributed by atoms with Crippen LogP contribution in [0.3, 0.4) is 0 Å². The molecule has 1 aliphatic rings. The molecule has 7 nitrogen and oxygen atoms in total. The van der Waals surface area contributed by atoms with Crippen LogP contribution in [0, 0.1) is 0 Å². The number of rotatable bonds is 3. The van der Waals surface area contributed by atoms with E-state index in [0.717, 1.165) is 0 Å². The Morgan fingerprint density at radius 2 is 2.10 bits per heavy atom.